The molecule has 0 amide bonds. The van der Waals surface area contributed by atoms with Crippen LogP contribution in [0.25, 0.3) is 0 Å². The maximum absolute atomic E-state index is 10.2. The van der Waals surface area contributed by atoms with Crippen LogP contribution in [-0.2, 0) is 6.61 Å². The zero-order chi connectivity index (χ0) is 9.14. The summed E-state index contributed by atoms with van der Waals surface area (Å²) in [5.74, 6) is -0.215. The molecule has 0 aliphatic heterocycles. The van der Waals surface area contributed by atoms with Crippen molar-refractivity contribution in [1.82, 2.24) is 0 Å². The summed E-state index contributed by atoms with van der Waals surface area (Å²) in [7, 11) is 0. The molecule has 64 valence electrons. The number of aromatic hydroxyl groups is 1. The summed E-state index contributed by atoms with van der Waals surface area (Å²) in [6.45, 7) is -0.324. The highest BCUT2D eigenvalue weighted by Crippen LogP contribution is 2.21. The Bertz CT molecular complexity index is 310. The van der Waals surface area contributed by atoms with Crippen molar-refractivity contribution in [2.75, 3.05) is 0 Å². The van der Waals surface area contributed by atoms with Gasteiger partial charge in [0.25, 0.3) is 5.69 Å². The van der Waals surface area contributed by atoms with E-state index in [0.717, 1.165) is 6.07 Å². The number of aliphatic hydroxyl groups is 1. The zero-order valence-corrected chi connectivity index (χ0v) is 6.10. The number of hydrogen-bond donors (Lipinski definition) is 2. The molecule has 0 heterocycles. The van der Waals surface area contributed by atoms with Gasteiger partial charge in [0, 0.05) is 6.07 Å². The van der Waals surface area contributed by atoms with Crippen LogP contribution in [-0.4, -0.2) is 15.1 Å². The first-order chi connectivity index (χ1) is 5.63. The van der Waals surface area contributed by atoms with Crippen LogP contribution < -0.4 is 0 Å². The van der Waals surface area contributed by atoms with Crippen molar-refractivity contribution in [1.29, 1.82) is 0 Å². The van der Waals surface area contributed by atoms with Gasteiger partial charge in [-0.05, 0) is 11.6 Å². The Morgan fingerprint density at radius 3 is 2.58 bits per heavy atom. The number of nitrogens with zero attached hydrogens (tertiary/aromatic N) is 1. The van der Waals surface area contributed by atoms with Crippen molar-refractivity contribution in [3.05, 3.63) is 33.9 Å². The van der Waals surface area contributed by atoms with Gasteiger partial charge in [0.05, 0.1) is 17.6 Å². The molecule has 0 aliphatic carbocycles. The molecule has 12 heavy (non-hydrogen) atoms. The van der Waals surface area contributed by atoms with Gasteiger partial charge in [-0.2, -0.15) is 0 Å². The zero-order valence-electron chi connectivity index (χ0n) is 6.10. The molecule has 0 unspecified atom stereocenters. The van der Waals surface area contributed by atoms with Gasteiger partial charge in [-0.1, -0.05) is 0 Å². The quantitative estimate of drug-likeness (QED) is 0.506. The number of hydrogen-bond acceptors (Lipinski definition) is 4. The Morgan fingerprint density at radius 1 is 1.42 bits per heavy atom. The molecule has 0 atom stereocenters. The lowest BCUT2D eigenvalue weighted by Gasteiger charge is -1.97. The first-order valence-corrected chi connectivity index (χ1v) is 3.21. The van der Waals surface area contributed by atoms with Crippen LogP contribution in [0.1, 0.15) is 5.56 Å². The van der Waals surface area contributed by atoms with Crippen LogP contribution in [0.2, 0.25) is 0 Å². The number of nitro benzene ring substituents is 1. The van der Waals surface area contributed by atoms with Crippen molar-refractivity contribution < 1.29 is 15.1 Å². The van der Waals surface area contributed by atoms with Crippen LogP contribution in [0.3, 0.4) is 0 Å². The number of rotatable bonds is 2. The molecule has 1 aromatic carbocycles. The minimum Gasteiger partial charge on any atom is -0.508 e. The van der Waals surface area contributed by atoms with E-state index in [-0.39, 0.29) is 18.0 Å². The minimum atomic E-state index is -0.626. The molecule has 5 heteroatoms. The first-order valence-electron chi connectivity index (χ1n) is 3.21. The van der Waals surface area contributed by atoms with Crippen molar-refractivity contribution in [3.8, 4) is 5.75 Å². The van der Waals surface area contributed by atoms with E-state index < -0.39 is 4.92 Å². The molecule has 0 saturated carbocycles. The van der Waals surface area contributed by atoms with Crippen molar-refractivity contribution >= 4 is 5.69 Å². The predicted octanol–water partition coefficient (Wildman–Crippen LogP) is 0.793. The molecular formula is C7H7NO4. The summed E-state index contributed by atoms with van der Waals surface area (Å²) in [5.41, 5.74) is 0.0979. The molecule has 0 radical (unpaired) electrons. The minimum absolute atomic E-state index is 0.215. The fourth-order valence-corrected chi connectivity index (χ4v) is 0.853. The van der Waals surface area contributed by atoms with E-state index in [1.165, 1.54) is 12.1 Å². The third-order valence-corrected chi connectivity index (χ3v) is 1.36. The van der Waals surface area contributed by atoms with Gasteiger partial charge >= 0.3 is 0 Å². The Morgan fingerprint density at radius 2 is 2.08 bits per heavy atom. The van der Waals surface area contributed by atoms with Gasteiger partial charge in [-0.3, -0.25) is 10.1 Å². The summed E-state index contributed by atoms with van der Waals surface area (Å²) in [4.78, 5) is 9.61. The van der Waals surface area contributed by atoms with Crippen molar-refractivity contribution in [2.24, 2.45) is 0 Å². The average molecular weight is 169 g/mol. The molecule has 0 fully saturated rings. The summed E-state index contributed by atoms with van der Waals surface area (Å²) in [5, 5.41) is 27.8. The highest BCUT2D eigenvalue weighted by Gasteiger charge is 2.08. The SMILES string of the molecule is O=[N+]([O-])c1cc(O)cc(CO)c1. The van der Waals surface area contributed by atoms with Gasteiger partial charge in [0.2, 0.25) is 0 Å². The summed E-state index contributed by atoms with van der Waals surface area (Å²) < 4.78 is 0. The fourth-order valence-electron chi connectivity index (χ4n) is 0.853. The number of phenolic OH excluding ortho intramolecular Hbond substituents is 1. The average Bonchev–Trinajstić information content (AvgIpc) is 2.03. The highest BCUT2D eigenvalue weighted by atomic mass is 16.6. The Labute approximate surface area is 68.0 Å². The molecule has 0 bridgehead atoms. The Kier molecular flexibility index (Phi) is 2.25. The summed E-state index contributed by atoms with van der Waals surface area (Å²) in [6, 6.07) is 3.51. The standard InChI is InChI=1S/C7H7NO4/c9-4-5-1-6(8(11)12)3-7(10)2-5/h1-3,9-10H,4H2. The molecule has 1 rings (SSSR count). The summed E-state index contributed by atoms with van der Waals surface area (Å²) in [6.07, 6.45) is 0. The van der Waals surface area contributed by atoms with E-state index in [9.17, 15) is 10.1 Å². The van der Waals surface area contributed by atoms with Gasteiger partial charge in [-0.15, -0.1) is 0 Å². The van der Waals surface area contributed by atoms with Gasteiger partial charge in [0.15, 0.2) is 0 Å². The second-order valence-corrected chi connectivity index (χ2v) is 2.27. The lowest BCUT2D eigenvalue weighted by Crippen LogP contribution is -1.90. The van der Waals surface area contributed by atoms with Crippen LogP contribution in [0.4, 0.5) is 5.69 Å². The van der Waals surface area contributed by atoms with E-state index in [2.05, 4.69) is 0 Å². The van der Waals surface area contributed by atoms with Crippen molar-refractivity contribution in [3.63, 3.8) is 0 Å². The normalized spacial score (nSPS) is 9.75. The number of phenols is 1. The molecular weight excluding hydrogens is 162 g/mol. The number of benzene rings is 1. The summed E-state index contributed by atoms with van der Waals surface area (Å²) >= 11 is 0. The number of non-ortho nitro benzene ring substituents is 1. The fraction of sp³-hybridized carbons (Fsp3) is 0.143. The highest BCUT2D eigenvalue weighted by molar-refractivity contribution is 5.41. The molecule has 0 spiro atoms. The van der Waals surface area contributed by atoms with E-state index in [4.69, 9.17) is 10.2 Å². The maximum Gasteiger partial charge on any atom is 0.273 e. The second-order valence-electron chi connectivity index (χ2n) is 2.27. The van der Waals surface area contributed by atoms with Crippen LogP contribution in [0.15, 0.2) is 18.2 Å². The predicted molar refractivity (Wildman–Crippen MR) is 40.7 cm³/mol. The molecule has 0 aliphatic rings. The smallest absolute Gasteiger partial charge is 0.273 e. The number of nitro groups is 1. The van der Waals surface area contributed by atoms with Gasteiger partial charge < -0.3 is 10.2 Å². The van der Waals surface area contributed by atoms with E-state index in [1.54, 1.807) is 0 Å². The van der Waals surface area contributed by atoms with E-state index in [1.807, 2.05) is 0 Å². The Balaban J connectivity index is 3.15. The second kappa shape index (κ2) is 3.19. The van der Waals surface area contributed by atoms with E-state index >= 15 is 0 Å². The topological polar surface area (TPSA) is 83.6 Å². The maximum atomic E-state index is 10.2. The molecule has 1 aromatic rings. The number of aliphatic hydroxyl groups excluding tert-OH is 1. The molecule has 0 saturated heterocycles. The van der Waals surface area contributed by atoms with Gasteiger partial charge in [-0.25, -0.2) is 0 Å². The van der Waals surface area contributed by atoms with Crippen LogP contribution in [0, 0.1) is 10.1 Å². The Hall–Kier alpha value is -1.62. The van der Waals surface area contributed by atoms with Crippen molar-refractivity contribution in [2.45, 2.75) is 6.61 Å². The lowest BCUT2D eigenvalue weighted by molar-refractivity contribution is -0.385. The third kappa shape index (κ3) is 1.70. The lowest BCUT2D eigenvalue weighted by atomic mass is 10.2. The molecule has 2 N–H and O–H groups in total. The van der Waals surface area contributed by atoms with Crippen LogP contribution >= 0.6 is 0 Å². The first kappa shape index (κ1) is 8.48. The molecule has 0 aromatic heterocycles. The van der Waals surface area contributed by atoms with Gasteiger partial charge in [0.1, 0.15) is 5.75 Å². The molecule has 5 nitrogen and oxygen atoms in total. The largest absolute Gasteiger partial charge is 0.508 e. The third-order valence-electron chi connectivity index (χ3n) is 1.36. The van der Waals surface area contributed by atoms with E-state index in [0.29, 0.717) is 5.56 Å². The monoisotopic (exact) mass is 169 g/mol. The van der Waals surface area contributed by atoms with Crippen LogP contribution in [0.5, 0.6) is 5.75 Å².